The number of benzene rings is 1. The Morgan fingerprint density at radius 3 is 2.65 bits per heavy atom. The van der Waals surface area contributed by atoms with Crippen molar-refractivity contribution in [3.63, 3.8) is 0 Å². The summed E-state index contributed by atoms with van der Waals surface area (Å²) in [6, 6.07) is 5.07. The van der Waals surface area contributed by atoms with Crippen LogP contribution in [0, 0.1) is 10.1 Å². The molecule has 1 unspecified atom stereocenters. The van der Waals surface area contributed by atoms with E-state index >= 15 is 0 Å². The molecule has 1 heterocycles. The quantitative estimate of drug-likeness (QED) is 0.349. The fourth-order valence-electron chi connectivity index (χ4n) is 1.56. The normalized spacial score (nSPS) is 23.1. The average Bonchev–Trinajstić information content (AvgIpc) is 3.08. The van der Waals surface area contributed by atoms with Gasteiger partial charge >= 0.3 is 0 Å². The minimum absolute atomic E-state index is 0.250. The number of nitro benzene ring substituents is 1. The van der Waals surface area contributed by atoms with Crippen LogP contribution in [0.3, 0.4) is 0 Å². The van der Waals surface area contributed by atoms with E-state index < -0.39 is 20.6 Å². The summed E-state index contributed by atoms with van der Waals surface area (Å²) in [5.74, 6) is 0. The van der Waals surface area contributed by atoms with Gasteiger partial charge in [-0.1, -0.05) is 18.2 Å². The van der Waals surface area contributed by atoms with Crippen molar-refractivity contribution in [2.24, 2.45) is 0 Å². The Kier molecular flexibility index (Phi) is 2.72. The molecule has 1 aliphatic rings. The van der Waals surface area contributed by atoms with Crippen molar-refractivity contribution < 1.29 is 13.3 Å². The van der Waals surface area contributed by atoms with E-state index in [1.807, 2.05) is 0 Å². The monoisotopic (exact) mass is 254 g/mol. The van der Waals surface area contributed by atoms with Gasteiger partial charge in [0.1, 0.15) is 0 Å². The Morgan fingerprint density at radius 1 is 1.47 bits per heavy atom. The number of nitro groups is 1. The second-order valence-corrected chi connectivity index (χ2v) is 5.46. The molecule has 0 spiro atoms. The van der Waals surface area contributed by atoms with Crippen molar-refractivity contribution in [3.05, 3.63) is 47.0 Å². The van der Waals surface area contributed by atoms with E-state index in [9.17, 15) is 18.5 Å². The zero-order valence-corrected chi connectivity index (χ0v) is 9.63. The molecule has 1 aromatic carbocycles. The highest BCUT2D eigenvalue weighted by molar-refractivity contribution is 7.89. The lowest BCUT2D eigenvalue weighted by Gasteiger charge is -2.05. The minimum atomic E-state index is -3.78. The van der Waals surface area contributed by atoms with Gasteiger partial charge in [0.15, 0.2) is 4.90 Å². The first kappa shape index (κ1) is 11.7. The molecule has 2 atom stereocenters. The number of rotatable bonds is 4. The number of hydrogen-bond acceptors (Lipinski definition) is 4. The first-order chi connectivity index (χ1) is 7.98. The van der Waals surface area contributed by atoms with Crippen LogP contribution in [0.25, 0.3) is 0 Å². The predicted octanol–water partition coefficient (Wildman–Crippen LogP) is 1.15. The van der Waals surface area contributed by atoms with Crippen LogP contribution in [0.4, 0.5) is 5.69 Å². The third-order valence-electron chi connectivity index (χ3n) is 2.52. The molecule has 1 saturated heterocycles. The highest BCUT2D eigenvalue weighted by atomic mass is 32.2. The summed E-state index contributed by atoms with van der Waals surface area (Å²) in [5, 5.41) is 10.8. The Balaban J connectivity index is 2.48. The number of para-hydroxylation sites is 1. The molecule has 0 bridgehead atoms. The van der Waals surface area contributed by atoms with Crippen LogP contribution < -0.4 is 0 Å². The van der Waals surface area contributed by atoms with Crippen molar-refractivity contribution in [3.8, 4) is 0 Å². The Morgan fingerprint density at radius 2 is 2.12 bits per heavy atom. The number of sulfonamides is 1. The lowest BCUT2D eigenvalue weighted by molar-refractivity contribution is -0.387. The average molecular weight is 254 g/mol. The summed E-state index contributed by atoms with van der Waals surface area (Å²) < 4.78 is 25.3. The molecule has 0 aliphatic carbocycles. The molecule has 0 N–H and O–H groups in total. The molecule has 17 heavy (non-hydrogen) atoms. The molecular weight excluding hydrogens is 244 g/mol. The smallest absolute Gasteiger partial charge is 0.258 e. The highest BCUT2D eigenvalue weighted by Gasteiger charge is 2.44. The van der Waals surface area contributed by atoms with Crippen LogP contribution in [0.5, 0.6) is 0 Å². The zero-order chi connectivity index (χ0) is 12.6. The molecule has 1 aromatic rings. The van der Waals surface area contributed by atoms with Crippen LogP contribution >= 0.6 is 0 Å². The van der Waals surface area contributed by atoms with Gasteiger partial charge in [0, 0.05) is 12.6 Å². The van der Waals surface area contributed by atoms with Crippen LogP contribution in [-0.2, 0) is 10.0 Å². The maximum absolute atomic E-state index is 12.1. The predicted molar refractivity (Wildman–Crippen MR) is 61.0 cm³/mol. The molecule has 6 nitrogen and oxygen atoms in total. The molecule has 0 radical (unpaired) electrons. The van der Waals surface area contributed by atoms with Gasteiger partial charge < -0.3 is 0 Å². The third-order valence-corrected chi connectivity index (χ3v) is 4.46. The number of hydrogen-bond donors (Lipinski definition) is 0. The van der Waals surface area contributed by atoms with Crippen molar-refractivity contribution >= 4 is 15.7 Å². The first-order valence-electron chi connectivity index (χ1n) is 4.86. The lowest BCUT2D eigenvalue weighted by atomic mass is 10.3. The van der Waals surface area contributed by atoms with Gasteiger partial charge in [0.05, 0.1) is 11.0 Å². The summed E-state index contributed by atoms with van der Waals surface area (Å²) >= 11 is 0. The maximum atomic E-state index is 12.1. The van der Waals surface area contributed by atoms with E-state index in [1.54, 1.807) is 0 Å². The molecule has 0 saturated carbocycles. The van der Waals surface area contributed by atoms with Gasteiger partial charge in [-0.25, -0.2) is 8.42 Å². The standard InChI is InChI=1S/C10H10N2O4S/c1-2-8-7-11(8)17(15,16)10-6-4-3-5-9(10)12(13)14/h2-6,8H,1,7H2/t8-,11?/m1/s1. The van der Waals surface area contributed by atoms with Crippen LogP contribution in [0.1, 0.15) is 0 Å². The number of nitrogens with zero attached hydrogens (tertiary/aromatic N) is 2. The molecule has 0 amide bonds. The van der Waals surface area contributed by atoms with Crippen LogP contribution in [0.2, 0.25) is 0 Å². The highest BCUT2D eigenvalue weighted by Crippen LogP contribution is 2.33. The van der Waals surface area contributed by atoms with Crippen LogP contribution in [0.15, 0.2) is 41.8 Å². The summed E-state index contributed by atoms with van der Waals surface area (Å²) in [5.41, 5.74) is -0.401. The first-order valence-corrected chi connectivity index (χ1v) is 6.30. The second kappa shape index (κ2) is 3.94. The van der Waals surface area contributed by atoms with E-state index in [1.165, 1.54) is 34.6 Å². The lowest BCUT2D eigenvalue weighted by Crippen LogP contribution is -2.15. The van der Waals surface area contributed by atoms with Gasteiger partial charge in [-0.2, -0.15) is 4.31 Å². The Bertz CT molecular complexity index is 582. The zero-order valence-electron chi connectivity index (χ0n) is 8.81. The van der Waals surface area contributed by atoms with E-state index in [0.29, 0.717) is 6.54 Å². The van der Waals surface area contributed by atoms with Crippen molar-refractivity contribution in [2.45, 2.75) is 10.9 Å². The van der Waals surface area contributed by atoms with E-state index in [0.717, 1.165) is 0 Å². The fraction of sp³-hybridized carbons (Fsp3) is 0.200. The van der Waals surface area contributed by atoms with E-state index in [4.69, 9.17) is 0 Å². The molecule has 0 aromatic heterocycles. The second-order valence-electron chi connectivity index (χ2n) is 3.60. The topological polar surface area (TPSA) is 80.3 Å². The summed E-state index contributed by atoms with van der Waals surface area (Å²) in [7, 11) is -3.78. The minimum Gasteiger partial charge on any atom is -0.258 e. The summed E-state index contributed by atoms with van der Waals surface area (Å²) in [4.78, 5) is 9.80. The summed E-state index contributed by atoms with van der Waals surface area (Å²) in [6.07, 6.45) is 1.51. The Labute approximate surface area is 98.4 Å². The van der Waals surface area contributed by atoms with Crippen LogP contribution in [-0.4, -0.2) is 30.2 Å². The van der Waals surface area contributed by atoms with Crippen molar-refractivity contribution in [2.75, 3.05) is 6.54 Å². The molecule has 1 aliphatic heterocycles. The maximum Gasteiger partial charge on any atom is 0.289 e. The van der Waals surface area contributed by atoms with Gasteiger partial charge in [-0.05, 0) is 6.07 Å². The Hall–Kier alpha value is -1.73. The molecule has 2 rings (SSSR count). The fourth-order valence-corrected chi connectivity index (χ4v) is 3.26. The van der Waals surface area contributed by atoms with Gasteiger partial charge in [0.25, 0.3) is 15.7 Å². The van der Waals surface area contributed by atoms with Crippen molar-refractivity contribution in [1.82, 2.24) is 4.31 Å². The molecule has 90 valence electrons. The summed E-state index contributed by atoms with van der Waals surface area (Å²) in [6.45, 7) is 3.83. The van der Waals surface area contributed by atoms with Gasteiger partial charge in [-0.3, -0.25) is 10.1 Å². The molecule has 7 heteroatoms. The van der Waals surface area contributed by atoms with Gasteiger partial charge in [-0.15, -0.1) is 6.58 Å². The SMILES string of the molecule is C=C[C@@H]1CN1S(=O)(=O)c1ccccc1[N+](=O)[O-]. The molecule has 1 fully saturated rings. The largest absolute Gasteiger partial charge is 0.289 e. The third kappa shape index (κ3) is 1.94. The van der Waals surface area contributed by atoms with E-state index in [2.05, 4.69) is 6.58 Å². The van der Waals surface area contributed by atoms with Gasteiger partial charge in [0.2, 0.25) is 0 Å². The van der Waals surface area contributed by atoms with Crippen molar-refractivity contribution in [1.29, 1.82) is 0 Å². The molecular formula is C10H10N2O4S. The van der Waals surface area contributed by atoms with E-state index in [-0.39, 0.29) is 10.9 Å².